The minimum Gasteiger partial charge on any atom is -0.462 e. The van der Waals surface area contributed by atoms with Gasteiger partial charge >= 0.3 is 17.9 Å². The van der Waals surface area contributed by atoms with Crippen LogP contribution in [0.4, 0.5) is 0 Å². The molecule has 0 bridgehead atoms. The molecule has 0 aromatic heterocycles. The van der Waals surface area contributed by atoms with E-state index in [1.165, 1.54) is 0 Å². The first-order valence-electron chi connectivity index (χ1n) is 15.2. The Morgan fingerprint density at radius 3 is 1.39 bits per heavy atom. The highest BCUT2D eigenvalue weighted by molar-refractivity contribution is 5.71. The van der Waals surface area contributed by atoms with Gasteiger partial charge in [0.1, 0.15) is 12.7 Å². The zero-order valence-electron chi connectivity index (χ0n) is 24.4. The molecule has 0 saturated heterocycles. The summed E-state index contributed by atoms with van der Waals surface area (Å²) in [7, 11) is 0. The van der Waals surface area contributed by atoms with Crippen LogP contribution in [0.25, 0.3) is 0 Å². The molecule has 0 amide bonds. The van der Waals surface area contributed by atoms with E-state index < -0.39 is 42.8 Å². The molecule has 3 unspecified atom stereocenters. The molecule has 0 aromatic carbocycles. The van der Waals surface area contributed by atoms with Gasteiger partial charge in [0.05, 0.1) is 12.7 Å². The van der Waals surface area contributed by atoms with Gasteiger partial charge in [-0.3, -0.25) is 14.4 Å². The first-order valence-corrected chi connectivity index (χ1v) is 15.2. The van der Waals surface area contributed by atoms with E-state index in [0.29, 0.717) is 12.8 Å². The summed E-state index contributed by atoms with van der Waals surface area (Å²) in [6, 6.07) is 0. The summed E-state index contributed by atoms with van der Waals surface area (Å²) in [5.41, 5.74) is 0. The fourth-order valence-electron chi connectivity index (χ4n) is 4.16. The standard InChI is InChI=1S/C30H56O8/c1-4-7-10-13-16-19-28(33)36-24-27(38-30(35)21-18-15-12-9-6-3)26(22-25(32)23-31)37-29(34)20-17-14-11-8-5-2/h25-27,31-32H,4-24H2,1-3H3. The summed E-state index contributed by atoms with van der Waals surface area (Å²) in [6.45, 7) is 5.59. The van der Waals surface area contributed by atoms with Crippen molar-refractivity contribution in [1.29, 1.82) is 0 Å². The number of hydrogen-bond acceptors (Lipinski definition) is 8. The van der Waals surface area contributed by atoms with Crippen LogP contribution in [0.1, 0.15) is 143 Å². The smallest absolute Gasteiger partial charge is 0.306 e. The van der Waals surface area contributed by atoms with Crippen molar-refractivity contribution < 1.29 is 38.8 Å². The number of ether oxygens (including phenoxy) is 3. The number of carbonyl (C=O) groups excluding carboxylic acids is 3. The van der Waals surface area contributed by atoms with E-state index in [-0.39, 0.29) is 32.3 Å². The van der Waals surface area contributed by atoms with Gasteiger partial charge in [-0.1, -0.05) is 97.8 Å². The molecule has 0 rings (SSSR count). The van der Waals surface area contributed by atoms with E-state index in [9.17, 15) is 24.6 Å². The van der Waals surface area contributed by atoms with E-state index in [4.69, 9.17) is 14.2 Å². The maximum Gasteiger partial charge on any atom is 0.306 e. The number of carbonyl (C=O) groups is 3. The minimum absolute atomic E-state index is 0.124. The zero-order chi connectivity index (χ0) is 28.4. The third-order valence-corrected chi connectivity index (χ3v) is 6.56. The summed E-state index contributed by atoms with van der Waals surface area (Å²) in [5, 5.41) is 19.5. The van der Waals surface area contributed by atoms with Gasteiger partial charge in [0.2, 0.25) is 0 Å². The van der Waals surface area contributed by atoms with E-state index >= 15 is 0 Å². The van der Waals surface area contributed by atoms with Gasteiger partial charge < -0.3 is 24.4 Å². The van der Waals surface area contributed by atoms with Gasteiger partial charge in [0, 0.05) is 25.7 Å². The van der Waals surface area contributed by atoms with Crippen LogP contribution in [0.15, 0.2) is 0 Å². The van der Waals surface area contributed by atoms with Crippen molar-refractivity contribution in [3.8, 4) is 0 Å². The van der Waals surface area contributed by atoms with Crippen LogP contribution in [0.2, 0.25) is 0 Å². The Hall–Kier alpha value is -1.67. The van der Waals surface area contributed by atoms with Crippen LogP contribution in [-0.4, -0.2) is 59.6 Å². The fraction of sp³-hybridized carbons (Fsp3) is 0.900. The van der Waals surface area contributed by atoms with Gasteiger partial charge in [-0.25, -0.2) is 0 Å². The number of hydrogen-bond donors (Lipinski definition) is 2. The fourth-order valence-corrected chi connectivity index (χ4v) is 4.16. The number of unbranched alkanes of at least 4 members (excludes halogenated alkanes) is 12. The first kappa shape index (κ1) is 36.3. The Bertz CT molecular complexity index is 595. The Morgan fingerprint density at radius 1 is 0.579 bits per heavy atom. The summed E-state index contributed by atoms with van der Waals surface area (Å²) >= 11 is 0. The molecule has 0 aliphatic heterocycles. The summed E-state index contributed by atoms with van der Waals surface area (Å²) < 4.78 is 16.7. The van der Waals surface area contributed by atoms with Gasteiger partial charge in [-0.05, 0) is 19.3 Å². The molecule has 2 N–H and O–H groups in total. The predicted molar refractivity (Wildman–Crippen MR) is 149 cm³/mol. The molecule has 8 heteroatoms. The zero-order valence-corrected chi connectivity index (χ0v) is 24.4. The largest absolute Gasteiger partial charge is 0.462 e. The van der Waals surface area contributed by atoms with Gasteiger partial charge in [0.15, 0.2) is 6.10 Å². The van der Waals surface area contributed by atoms with Gasteiger partial charge in [-0.15, -0.1) is 0 Å². The second-order valence-corrected chi connectivity index (χ2v) is 10.3. The Kier molecular flexibility index (Phi) is 24.5. The highest BCUT2D eigenvalue weighted by Gasteiger charge is 2.32. The minimum atomic E-state index is -1.16. The van der Waals surface area contributed by atoms with Crippen LogP contribution >= 0.6 is 0 Å². The van der Waals surface area contributed by atoms with Crippen molar-refractivity contribution in [2.24, 2.45) is 0 Å². The van der Waals surface area contributed by atoms with Crippen LogP contribution in [0.5, 0.6) is 0 Å². The Morgan fingerprint density at radius 2 is 0.974 bits per heavy atom. The van der Waals surface area contributed by atoms with Crippen molar-refractivity contribution in [1.82, 2.24) is 0 Å². The summed E-state index contributed by atoms with van der Waals surface area (Å²) in [5.74, 6) is -1.31. The molecule has 224 valence electrons. The lowest BCUT2D eigenvalue weighted by atomic mass is 10.1. The average Bonchev–Trinajstić information content (AvgIpc) is 2.90. The van der Waals surface area contributed by atoms with E-state index in [1.807, 2.05) is 0 Å². The molecule has 0 heterocycles. The SMILES string of the molecule is CCCCCCCC(=O)OCC(OC(=O)CCCCCCC)C(CC(O)CO)OC(=O)CCCCCCC. The lowest BCUT2D eigenvalue weighted by molar-refractivity contribution is -0.178. The molecular weight excluding hydrogens is 488 g/mol. The number of rotatable bonds is 26. The molecule has 3 atom stereocenters. The first-order chi connectivity index (χ1) is 18.4. The molecule has 0 aliphatic carbocycles. The van der Waals surface area contributed by atoms with Crippen molar-refractivity contribution in [2.45, 2.75) is 161 Å². The molecular formula is C30H56O8. The highest BCUT2D eigenvalue weighted by atomic mass is 16.6. The quantitative estimate of drug-likeness (QED) is 0.0753. The van der Waals surface area contributed by atoms with Crippen LogP contribution in [0, 0.1) is 0 Å². The number of aliphatic hydroxyl groups is 2. The van der Waals surface area contributed by atoms with E-state index in [2.05, 4.69) is 20.8 Å². The second-order valence-electron chi connectivity index (χ2n) is 10.3. The molecule has 0 saturated carbocycles. The van der Waals surface area contributed by atoms with Crippen molar-refractivity contribution >= 4 is 17.9 Å². The third-order valence-electron chi connectivity index (χ3n) is 6.56. The van der Waals surface area contributed by atoms with Crippen LogP contribution in [0.3, 0.4) is 0 Å². The average molecular weight is 545 g/mol. The molecule has 0 fully saturated rings. The lowest BCUT2D eigenvalue weighted by Crippen LogP contribution is -2.41. The monoisotopic (exact) mass is 544 g/mol. The van der Waals surface area contributed by atoms with Crippen molar-refractivity contribution in [3.63, 3.8) is 0 Å². The predicted octanol–water partition coefficient (Wildman–Crippen LogP) is 6.18. The topological polar surface area (TPSA) is 119 Å². The molecule has 0 aliphatic rings. The summed E-state index contributed by atoms with van der Waals surface area (Å²) in [6.07, 6.45) is 12.0. The Labute approximate surface area is 231 Å². The molecule has 0 radical (unpaired) electrons. The van der Waals surface area contributed by atoms with Gasteiger partial charge in [0.25, 0.3) is 0 Å². The molecule has 0 spiro atoms. The van der Waals surface area contributed by atoms with Crippen LogP contribution in [-0.2, 0) is 28.6 Å². The maximum atomic E-state index is 12.6. The lowest BCUT2D eigenvalue weighted by Gasteiger charge is -2.28. The highest BCUT2D eigenvalue weighted by Crippen LogP contribution is 2.17. The van der Waals surface area contributed by atoms with E-state index in [1.54, 1.807) is 0 Å². The third kappa shape index (κ3) is 21.3. The normalized spacial score (nSPS) is 13.5. The maximum absolute atomic E-state index is 12.6. The van der Waals surface area contributed by atoms with E-state index in [0.717, 1.165) is 83.5 Å². The number of esters is 3. The number of aliphatic hydroxyl groups excluding tert-OH is 2. The van der Waals surface area contributed by atoms with Gasteiger partial charge in [-0.2, -0.15) is 0 Å². The molecule has 38 heavy (non-hydrogen) atoms. The Balaban J connectivity index is 5.16. The molecule has 8 nitrogen and oxygen atoms in total. The summed E-state index contributed by atoms with van der Waals surface area (Å²) in [4.78, 5) is 37.5. The molecule has 0 aromatic rings. The van der Waals surface area contributed by atoms with Crippen molar-refractivity contribution in [2.75, 3.05) is 13.2 Å². The second kappa shape index (κ2) is 25.6. The van der Waals surface area contributed by atoms with Crippen LogP contribution < -0.4 is 0 Å². The van der Waals surface area contributed by atoms with Crippen molar-refractivity contribution in [3.05, 3.63) is 0 Å².